The maximum Gasteiger partial charge on any atom is 0.262 e. The van der Waals surface area contributed by atoms with Crippen molar-refractivity contribution in [3.8, 4) is 0 Å². The van der Waals surface area contributed by atoms with Crippen molar-refractivity contribution in [3.63, 3.8) is 0 Å². The molecule has 2 aromatic rings. The van der Waals surface area contributed by atoms with Crippen LogP contribution in [0.5, 0.6) is 0 Å². The van der Waals surface area contributed by atoms with Crippen LogP contribution in [0, 0.1) is 11.6 Å². The molecule has 0 aliphatic rings. The number of hydrogen-bond donors (Lipinski definition) is 0. The lowest BCUT2D eigenvalue weighted by Crippen LogP contribution is -2.31. The van der Waals surface area contributed by atoms with Gasteiger partial charge in [-0.15, -0.1) is 5.10 Å². The number of rotatable bonds is 4. The summed E-state index contributed by atoms with van der Waals surface area (Å²) < 4.78 is 53.3. The van der Waals surface area contributed by atoms with Gasteiger partial charge in [0, 0.05) is 20.1 Å². The first kappa shape index (κ1) is 15.5. The summed E-state index contributed by atoms with van der Waals surface area (Å²) in [7, 11) is -1.03. The predicted molar refractivity (Wildman–Crippen MR) is 70.7 cm³/mol. The minimum atomic E-state index is -3.84. The van der Waals surface area contributed by atoms with Gasteiger partial charge in [0.1, 0.15) is 0 Å². The number of benzene rings is 1. The summed E-state index contributed by atoms with van der Waals surface area (Å²) >= 11 is 0. The molecular weight excluding hydrogens is 302 g/mol. The number of nitrogens with zero attached hydrogens (tertiary/aromatic N) is 4. The zero-order valence-electron chi connectivity index (χ0n) is 11.7. The first-order valence-corrected chi connectivity index (χ1v) is 7.47. The van der Waals surface area contributed by atoms with Gasteiger partial charge in [-0.1, -0.05) is 11.3 Å². The Bertz CT molecular complexity index is 760. The third-order valence-corrected chi connectivity index (χ3v) is 5.26. The smallest absolute Gasteiger partial charge is 0.236 e. The Morgan fingerprint density at radius 1 is 1.29 bits per heavy atom. The number of hydrogen-bond acceptors (Lipinski definition) is 4. The normalized spacial score (nSPS) is 13.6. The first-order valence-electron chi connectivity index (χ1n) is 6.03. The molecule has 0 saturated carbocycles. The molecule has 1 unspecified atom stereocenters. The third kappa shape index (κ3) is 2.79. The van der Waals surface area contributed by atoms with Crippen molar-refractivity contribution in [2.45, 2.75) is 18.0 Å². The van der Waals surface area contributed by atoms with E-state index in [-0.39, 0.29) is 5.03 Å². The van der Waals surface area contributed by atoms with Crippen LogP contribution in [0.2, 0.25) is 0 Å². The van der Waals surface area contributed by atoms with Crippen molar-refractivity contribution in [2.24, 2.45) is 7.05 Å². The summed E-state index contributed by atoms with van der Waals surface area (Å²) in [6.07, 6.45) is 1.13. The minimum Gasteiger partial charge on any atom is -0.236 e. The van der Waals surface area contributed by atoms with Gasteiger partial charge in [-0.25, -0.2) is 21.9 Å². The average Bonchev–Trinajstić information content (AvgIpc) is 2.87. The van der Waals surface area contributed by atoms with Crippen molar-refractivity contribution in [3.05, 3.63) is 41.6 Å². The SMILES string of the molecule is CC(c1ccc(F)c(F)c1)N(C)S(=O)(=O)c1cnnn1C. The molecule has 0 saturated heterocycles. The molecule has 21 heavy (non-hydrogen) atoms. The maximum atomic E-state index is 13.3. The van der Waals surface area contributed by atoms with Crippen LogP contribution in [-0.4, -0.2) is 34.8 Å². The van der Waals surface area contributed by atoms with E-state index in [9.17, 15) is 17.2 Å². The lowest BCUT2D eigenvalue weighted by molar-refractivity contribution is 0.390. The van der Waals surface area contributed by atoms with Gasteiger partial charge >= 0.3 is 0 Å². The first-order chi connectivity index (χ1) is 9.75. The largest absolute Gasteiger partial charge is 0.262 e. The standard InChI is InChI=1S/C12H14F2N4O2S/c1-8(9-4-5-10(13)11(14)6-9)18(3)21(19,20)12-7-15-16-17(12)2/h4-8H,1-3H3. The van der Waals surface area contributed by atoms with Crippen molar-refractivity contribution < 1.29 is 17.2 Å². The fraction of sp³-hybridized carbons (Fsp3) is 0.333. The molecule has 0 amide bonds. The fourth-order valence-electron chi connectivity index (χ4n) is 1.85. The molecule has 0 fully saturated rings. The molecule has 1 atom stereocenters. The molecule has 1 heterocycles. The Balaban J connectivity index is 2.37. The van der Waals surface area contributed by atoms with E-state index in [0.29, 0.717) is 5.56 Å². The average molecular weight is 316 g/mol. The molecule has 6 nitrogen and oxygen atoms in total. The Hall–Kier alpha value is -1.87. The molecule has 1 aromatic heterocycles. The molecule has 0 bridgehead atoms. The Labute approximate surface area is 121 Å². The Kier molecular flexibility index (Phi) is 4.06. The predicted octanol–water partition coefficient (Wildman–Crippen LogP) is 1.48. The molecule has 0 radical (unpaired) electrons. The van der Waals surface area contributed by atoms with Crippen LogP contribution in [-0.2, 0) is 17.1 Å². The summed E-state index contributed by atoms with van der Waals surface area (Å²) in [5.74, 6) is -2.00. The lowest BCUT2D eigenvalue weighted by atomic mass is 10.1. The molecule has 0 spiro atoms. The van der Waals surface area contributed by atoms with E-state index in [1.54, 1.807) is 6.92 Å². The van der Waals surface area contributed by atoms with Crippen molar-refractivity contribution >= 4 is 10.0 Å². The van der Waals surface area contributed by atoms with Gasteiger partial charge in [0.2, 0.25) is 0 Å². The fourth-order valence-corrected chi connectivity index (χ4v) is 3.24. The maximum absolute atomic E-state index is 13.3. The number of halogens is 2. The van der Waals surface area contributed by atoms with E-state index in [2.05, 4.69) is 10.3 Å². The van der Waals surface area contributed by atoms with Crippen LogP contribution >= 0.6 is 0 Å². The second kappa shape index (κ2) is 5.49. The highest BCUT2D eigenvalue weighted by Gasteiger charge is 2.29. The molecule has 2 rings (SSSR count). The van der Waals surface area contributed by atoms with Crippen molar-refractivity contribution in [1.82, 2.24) is 19.3 Å². The van der Waals surface area contributed by atoms with Crippen LogP contribution < -0.4 is 0 Å². The van der Waals surface area contributed by atoms with Gasteiger partial charge in [0.15, 0.2) is 16.7 Å². The van der Waals surface area contributed by atoms with Gasteiger partial charge in [0.05, 0.1) is 6.20 Å². The van der Waals surface area contributed by atoms with Gasteiger partial charge < -0.3 is 0 Å². The second-order valence-corrected chi connectivity index (χ2v) is 6.51. The van der Waals surface area contributed by atoms with Crippen LogP contribution in [0.25, 0.3) is 0 Å². The van der Waals surface area contributed by atoms with Crippen LogP contribution in [0.4, 0.5) is 8.78 Å². The highest BCUT2D eigenvalue weighted by atomic mass is 32.2. The summed E-state index contributed by atoms with van der Waals surface area (Å²) in [6, 6.07) is 2.61. The van der Waals surface area contributed by atoms with Crippen LogP contribution in [0.15, 0.2) is 29.4 Å². The third-order valence-electron chi connectivity index (χ3n) is 3.29. The van der Waals surface area contributed by atoms with E-state index < -0.39 is 27.7 Å². The van der Waals surface area contributed by atoms with E-state index in [1.165, 1.54) is 20.2 Å². The zero-order chi connectivity index (χ0) is 15.8. The molecule has 9 heteroatoms. The highest BCUT2D eigenvalue weighted by molar-refractivity contribution is 7.89. The molecule has 0 N–H and O–H groups in total. The highest BCUT2D eigenvalue weighted by Crippen LogP contribution is 2.26. The zero-order valence-corrected chi connectivity index (χ0v) is 12.5. The summed E-state index contributed by atoms with van der Waals surface area (Å²) in [4.78, 5) is 0. The molecule has 114 valence electrons. The van der Waals surface area contributed by atoms with E-state index >= 15 is 0 Å². The van der Waals surface area contributed by atoms with Gasteiger partial charge in [-0.2, -0.15) is 4.31 Å². The molecular formula is C12H14F2N4O2S. The van der Waals surface area contributed by atoms with Gasteiger partial charge in [-0.3, -0.25) is 0 Å². The topological polar surface area (TPSA) is 68.1 Å². The van der Waals surface area contributed by atoms with Crippen molar-refractivity contribution in [1.29, 1.82) is 0 Å². The van der Waals surface area contributed by atoms with E-state index in [0.717, 1.165) is 27.3 Å². The van der Waals surface area contributed by atoms with Crippen LogP contribution in [0.3, 0.4) is 0 Å². The quantitative estimate of drug-likeness (QED) is 0.857. The molecule has 0 aliphatic heterocycles. The van der Waals surface area contributed by atoms with Gasteiger partial charge in [0.25, 0.3) is 10.0 Å². The van der Waals surface area contributed by atoms with Crippen molar-refractivity contribution in [2.75, 3.05) is 7.05 Å². The summed E-state index contributed by atoms with van der Waals surface area (Å²) in [6.45, 7) is 1.58. The summed E-state index contributed by atoms with van der Waals surface area (Å²) in [5, 5.41) is 7.02. The minimum absolute atomic E-state index is 0.0839. The monoisotopic (exact) mass is 316 g/mol. The van der Waals surface area contributed by atoms with Crippen LogP contribution in [0.1, 0.15) is 18.5 Å². The molecule has 0 aliphatic carbocycles. The second-order valence-electron chi connectivity index (χ2n) is 4.57. The number of aryl methyl sites for hydroxylation is 1. The summed E-state index contributed by atoms with van der Waals surface area (Å²) in [5.41, 5.74) is 0.343. The number of aromatic nitrogens is 3. The Morgan fingerprint density at radius 3 is 2.48 bits per heavy atom. The lowest BCUT2D eigenvalue weighted by Gasteiger charge is -2.24. The Morgan fingerprint density at radius 2 is 1.95 bits per heavy atom. The molecule has 1 aromatic carbocycles. The van der Waals surface area contributed by atoms with E-state index in [1.807, 2.05) is 0 Å². The number of sulfonamides is 1. The van der Waals surface area contributed by atoms with Gasteiger partial charge in [-0.05, 0) is 24.6 Å². The van der Waals surface area contributed by atoms with E-state index in [4.69, 9.17) is 0 Å².